The van der Waals surface area contributed by atoms with Gasteiger partial charge in [0.1, 0.15) is 24.1 Å². The van der Waals surface area contributed by atoms with Gasteiger partial charge in [-0.15, -0.1) is 11.8 Å². The number of unbranched alkanes of at least 4 members (excludes halogenated alkanes) is 8. The lowest BCUT2D eigenvalue weighted by molar-refractivity contribution is -0.147. The van der Waals surface area contributed by atoms with Gasteiger partial charge in [-0.05, 0) is 24.4 Å². The highest BCUT2D eigenvalue weighted by Crippen LogP contribution is 2.31. The van der Waals surface area contributed by atoms with E-state index in [4.69, 9.17) is 20.7 Å². The summed E-state index contributed by atoms with van der Waals surface area (Å²) in [6.45, 7) is 0.773. The first kappa shape index (κ1) is 25.0. The van der Waals surface area contributed by atoms with E-state index in [2.05, 4.69) is 15.0 Å². The van der Waals surface area contributed by atoms with E-state index in [1.165, 1.54) is 42.0 Å². The van der Waals surface area contributed by atoms with Gasteiger partial charge in [-0.1, -0.05) is 50.1 Å². The zero-order valence-corrected chi connectivity index (χ0v) is 18.7. The number of nitrogens with zero attached hydrogens (tertiary/aromatic N) is 5. The van der Waals surface area contributed by atoms with Gasteiger partial charge in [0, 0.05) is 29.8 Å². The van der Waals surface area contributed by atoms with Crippen molar-refractivity contribution in [3.63, 3.8) is 0 Å². The third-order valence-corrected chi connectivity index (χ3v) is 6.07. The van der Waals surface area contributed by atoms with Crippen LogP contribution in [0.15, 0.2) is 22.2 Å². The Morgan fingerprint density at radius 1 is 1.26 bits per heavy atom. The lowest BCUT2D eigenvalue weighted by atomic mass is 10.1. The Labute approximate surface area is 186 Å². The molecule has 2 rings (SSSR count). The van der Waals surface area contributed by atoms with E-state index in [0.717, 1.165) is 32.1 Å². The average molecular weight is 453 g/mol. The molecule has 1 aromatic rings. The maximum atomic E-state index is 11.9. The van der Waals surface area contributed by atoms with Gasteiger partial charge in [0.15, 0.2) is 0 Å². The summed E-state index contributed by atoms with van der Waals surface area (Å²) < 4.78 is 12.5. The van der Waals surface area contributed by atoms with Crippen molar-refractivity contribution in [3.8, 4) is 0 Å². The molecule has 172 valence electrons. The Hall–Kier alpha value is -2.23. The lowest BCUT2D eigenvalue weighted by Gasteiger charge is -2.14. The molecule has 1 aromatic heterocycles. The summed E-state index contributed by atoms with van der Waals surface area (Å²) in [5.41, 5.74) is 13.0. The number of carbonyl (C=O) groups excluding carboxylic acids is 1. The molecule has 1 saturated heterocycles. The van der Waals surface area contributed by atoms with Crippen molar-refractivity contribution in [2.24, 2.45) is 5.11 Å². The molecular weight excluding hydrogens is 420 g/mol. The third-order valence-electron chi connectivity index (χ3n) is 4.98. The number of esters is 1. The van der Waals surface area contributed by atoms with Gasteiger partial charge in [-0.2, -0.15) is 4.98 Å². The molecule has 2 atom stereocenters. The van der Waals surface area contributed by atoms with Crippen LogP contribution in [-0.4, -0.2) is 39.9 Å². The molecule has 31 heavy (non-hydrogen) atoms. The molecule has 1 aliphatic heterocycles. The van der Waals surface area contributed by atoms with Gasteiger partial charge >= 0.3 is 11.7 Å². The monoisotopic (exact) mass is 452 g/mol. The van der Waals surface area contributed by atoms with Gasteiger partial charge in [-0.3, -0.25) is 9.36 Å². The summed E-state index contributed by atoms with van der Waals surface area (Å²) in [6, 6.07) is 1.55. The van der Waals surface area contributed by atoms with Crippen LogP contribution in [0.4, 0.5) is 5.82 Å². The van der Waals surface area contributed by atoms with E-state index in [-0.39, 0.29) is 23.8 Å². The SMILES string of the molecule is [N-]=[N+]=NCCCCCCCCCCCC(=O)OC[C@H]1O[C@@H](n2ccc(N)nc2=O)CS1. The Morgan fingerprint density at radius 2 is 1.94 bits per heavy atom. The van der Waals surface area contributed by atoms with E-state index in [1.54, 1.807) is 12.3 Å². The van der Waals surface area contributed by atoms with Crippen molar-refractivity contribution < 1.29 is 14.3 Å². The first-order chi connectivity index (χ1) is 15.1. The first-order valence-electron chi connectivity index (χ1n) is 10.9. The number of hydrogen-bond acceptors (Lipinski definition) is 8. The number of hydrogen-bond donors (Lipinski definition) is 1. The third kappa shape index (κ3) is 10.1. The second kappa shape index (κ2) is 14.7. The smallest absolute Gasteiger partial charge is 0.351 e. The van der Waals surface area contributed by atoms with Crippen LogP contribution in [0.2, 0.25) is 0 Å². The van der Waals surface area contributed by atoms with Crippen molar-refractivity contribution >= 4 is 23.5 Å². The zero-order chi connectivity index (χ0) is 22.3. The second-order valence-corrected chi connectivity index (χ2v) is 8.66. The lowest BCUT2D eigenvalue weighted by Crippen LogP contribution is -2.29. The molecule has 1 fully saturated rings. The maximum Gasteiger partial charge on any atom is 0.351 e. The highest BCUT2D eigenvalue weighted by molar-refractivity contribution is 8.00. The fourth-order valence-electron chi connectivity index (χ4n) is 3.29. The van der Waals surface area contributed by atoms with Crippen LogP contribution in [0, 0.1) is 0 Å². The highest BCUT2D eigenvalue weighted by Gasteiger charge is 2.29. The van der Waals surface area contributed by atoms with Crippen molar-refractivity contribution in [2.45, 2.75) is 75.9 Å². The molecule has 0 amide bonds. The molecule has 0 spiro atoms. The van der Waals surface area contributed by atoms with Crippen molar-refractivity contribution in [3.05, 3.63) is 33.2 Å². The predicted octanol–water partition coefficient (Wildman–Crippen LogP) is 4.17. The number of nitrogens with two attached hydrogens (primary N) is 1. The molecule has 0 saturated carbocycles. The Morgan fingerprint density at radius 3 is 2.61 bits per heavy atom. The molecule has 0 aromatic carbocycles. The van der Waals surface area contributed by atoms with E-state index in [9.17, 15) is 9.59 Å². The Kier molecular flexibility index (Phi) is 11.9. The van der Waals surface area contributed by atoms with Crippen LogP contribution >= 0.6 is 11.8 Å². The summed E-state index contributed by atoms with van der Waals surface area (Å²) in [4.78, 5) is 30.2. The normalized spacial score (nSPS) is 17.9. The molecular formula is C20H32N6O4S. The summed E-state index contributed by atoms with van der Waals surface area (Å²) in [5.74, 6) is 0.553. The number of aromatic nitrogens is 2. The quantitative estimate of drug-likeness (QED) is 0.138. The van der Waals surface area contributed by atoms with E-state index >= 15 is 0 Å². The van der Waals surface area contributed by atoms with Crippen molar-refractivity contribution in [2.75, 3.05) is 24.6 Å². The van der Waals surface area contributed by atoms with Crippen LogP contribution < -0.4 is 11.4 Å². The standard InChI is InChI=1S/C20H32N6O4S/c21-16-11-13-26(20(28)24-16)17-15-31-19(30-17)14-29-18(27)10-8-6-4-2-1-3-5-7-9-12-23-25-22/h11,13,17,19H,1-10,12,14-15H2,(H2,21,24,28)/t17-,19+/m1/s1. The largest absolute Gasteiger partial charge is 0.462 e. The number of thioether (sulfide) groups is 1. The molecule has 2 N–H and O–H groups in total. The number of carbonyl (C=O) groups is 1. The minimum Gasteiger partial charge on any atom is -0.462 e. The molecule has 0 aliphatic carbocycles. The first-order valence-corrected chi connectivity index (χ1v) is 11.9. The Bertz CT molecular complexity index is 783. The molecule has 0 bridgehead atoms. The van der Waals surface area contributed by atoms with Gasteiger partial charge in [0.05, 0.1) is 0 Å². The van der Waals surface area contributed by atoms with Crippen LogP contribution in [0.25, 0.3) is 10.4 Å². The molecule has 11 heteroatoms. The molecule has 0 unspecified atom stereocenters. The number of ether oxygens (including phenoxy) is 2. The fourth-order valence-corrected chi connectivity index (χ4v) is 4.28. The molecule has 2 heterocycles. The summed E-state index contributed by atoms with van der Waals surface area (Å²) in [7, 11) is 0. The molecule has 10 nitrogen and oxygen atoms in total. The Balaban J connectivity index is 1.46. The molecule has 0 radical (unpaired) electrons. The summed E-state index contributed by atoms with van der Waals surface area (Å²) >= 11 is 1.51. The van der Waals surface area contributed by atoms with E-state index in [1.807, 2.05) is 0 Å². The second-order valence-electron chi connectivity index (χ2n) is 7.47. The topological polar surface area (TPSA) is 145 Å². The zero-order valence-electron chi connectivity index (χ0n) is 17.9. The van der Waals surface area contributed by atoms with Crippen LogP contribution in [0.3, 0.4) is 0 Å². The number of nitrogen functional groups attached to an aromatic ring is 1. The van der Waals surface area contributed by atoms with Gasteiger partial charge in [0.25, 0.3) is 0 Å². The fraction of sp³-hybridized carbons (Fsp3) is 0.750. The van der Waals surface area contributed by atoms with Crippen LogP contribution in [0.5, 0.6) is 0 Å². The van der Waals surface area contributed by atoms with Gasteiger partial charge < -0.3 is 15.2 Å². The number of rotatable bonds is 15. The maximum absolute atomic E-state index is 11.9. The number of azide groups is 1. The number of anilines is 1. The van der Waals surface area contributed by atoms with Crippen LogP contribution in [-0.2, 0) is 14.3 Å². The van der Waals surface area contributed by atoms with E-state index in [0.29, 0.717) is 18.7 Å². The van der Waals surface area contributed by atoms with Gasteiger partial charge in [-0.25, -0.2) is 4.79 Å². The van der Waals surface area contributed by atoms with E-state index < -0.39 is 11.9 Å². The van der Waals surface area contributed by atoms with Crippen LogP contribution in [0.1, 0.15) is 70.4 Å². The summed E-state index contributed by atoms with van der Waals surface area (Å²) in [6.07, 6.45) is 11.4. The van der Waals surface area contributed by atoms with Crippen molar-refractivity contribution in [1.29, 1.82) is 0 Å². The molecule has 1 aliphatic rings. The minimum atomic E-state index is -0.450. The highest BCUT2D eigenvalue weighted by atomic mass is 32.2. The van der Waals surface area contributed by atoms with Gasteiger partial charge in [0.2, 0.25) is 0 Å². The summed E-state index contributed by atoms with van der Waals surface area (Å²) in [5, 5.41) is 3.53. The average Bonchev–Trinajstić information content (AvgIpc) is 3.21. The minimum absolute atomic E-state index is 0.177. The van der Waals surface area contributed by atoms with Crippen molar-refractivity contribution in [1.82, 2.24) is 9.55 Å². The predicted molar refractivity (Wildman–Crippen MR) is 120 cm³/mol.